The van der Waals surface area contributed by atoms with Crippen molar-refractivity contribution in [2.45, 2.75) is 12.8 Å². The minimum Gasteiger partial charge on any atom is -0.266 e. The Hall–Kier alpha value is -1.84. The Balaban J connectivity index is 1.71. The maximum absolute atomic E-state index is 12.2. The van der Waals surface area contributed by atoms with Gasteiger partial charge in [-0.25, -0.2) is 4.98 Å². The number of hydrogen-bond acceptors (Lipinski definition) is 5. The molecule has 0 aromatic carbocycles. The lowest BCUT2D eigenvalue weighted by Gasteiger charge is -2.20. The fourth-order valence-electron chi connectivity index (χ4n) is 2.95. The van der Waals surface area contributed by atoms with E-state index < -0.39 is 10.2 Å². The summed E-state index contributed by atoms with van der Waals surface area (Å²) in [5.41, 5.74) is 2.57. The zero-order valence-electron chi connectivity index (χ0n) is 14.1. The van der Waals surface area contributed by atoms with Gasteiger partial charge in [-0.2, -0.15) is 22.1 Å². The fourth-order valence-corrected chi connectivity index (χ4v) is 4.15. The zero-order valence-corrected chi connectivity index (χ0v) is 14.9. The van der Waals surface area contributed by atoms with Gasteiger partial charge in [-0.15, -0.1) is 0 Å². The van der Waals surface area contributed by atoms with E-state index in [1.54, 1.807) is 37.4 Å². The molecule has 8 nitrogen and oxygen atoms in total. The molecule has 0 saturated carbocycles. The minimum absolute atomic E-state index is 0.260. The maximum Gasteiger partial charge on any atom is 0.281 e. The Labute approximate surface area is 142 Å². The van der Waals surface area contributed by atoms with Crippen LogP contribution in [0.3, 0.4) is 0 Å². The molecule has 1 fully saturated rings. The number of rotatable bonds is 5. The van der Waals surface area contributed by atoms with Gasteiger partial charge in [0.25, 0.3) is 10.2 Å². The first-order valence-electron chi connectivity index (χ1n) is 7.85. The Bertz CT molecular complexity index is 817. The lowest BCUT2D eigenvalue weighted by Crippen LogP contribution is -2.38. The molecule has 9 heteroatoms. The standard InChI is InChI=1S/C15H22N6O2S/c1-19(2)24(22,23)21-7-5-12(11-21)8-13-9-16-10-14(18-13)15-4-6-17-20(15)3/h4,6,9-10,12H,5,7-8,11H2,1-3H3. The highest BCUT2D eigenvalue weighted by molar-refractivity contribution is 7.86. The summed E-state index contributed by atoms with van der Waals surface area (Å²) >= 11 is 0. The van der Waals surface area contributed by atoms with E-state index in [-0.39, 0.29) is 5.92 Å². The van der Waals surface area contributed by atoms with Crippen LogP contribution in [-0.2, 0) is 23.7 Å². The van der Waals surface area contributed by atoms with Crippen molar-refractivity contribution in [1.29, 1.82) is 0 Å². The Morgan fingerprint density at radius 1 is 1.33 bits per heavy atom. The smallest absolute Gasteiger partial charge is 0.266 e. The molecule has 1 unspecified atom stereocenters. The summed E-state index contributed by atoms with van der Waals surface area (Å²) in [6, 6.07) is 1.90. The van der Waals surface area contributed by atoms with Crippen LogP contribution in [0.2, 0.25) is 0 Å². The third-order valence-corrected chi connectivity index (χ3v) is 6.21. The molecule has 0 amide bonds. The fraction of sp³-hybridized carbons (Fsp3) is 0.533. The molecule has 3 heterocycles. The SMILES string of the molecule is CN(C)S(=O)(=O)N1CCC(Cc2cncc(-c3ccnn3C)n2)C1. The van der Waals surface area contributed by atoms with Crippen molar-refractivity contribution in [3.05, 3.63) is 30.4 Å². The topological polar surface area (TPSA) is 84.2 Å². The van der Waals surface area contributed by atoms with Gasteiger partial charge in [0.1, 0.15) is 5.69 Å². The van der Waals surface area contributed by atoms with Crippen molar-refractivity contribution in [1.82, 2.24) is 28.4 Å². The van der Waals surface area contributed by atoms with Crippen molar-refractivity contribution >= 4 is 10.2 Å². The number of hydrogen-bond donors (Lipinski definition) is 0. The van der Waals surface area contributed by atoms with Crippen LogP contribution in [0.25, 0.3) is 11.4 Å². The molecule has 3 rings (SSSR count). The lowest BCUT2D eigenvalue weighted by molar-refractivity contribution is 0.409. The Morgan fingerprint density at radius 3 is 2.79 bits per heavy atom. The quantitative estimate of drug-likeness (QED) is 0.786. The van der Waals surface area contributed by atoms with Gasteiger partial charge in [-0.1, -0.05) is 0 Å². The first kappa shape index (κ1) is 17.0. The Kier molecular flexibility index (Phi) is 4.66. The van der Waals surface area contributed by atoms with E-state index in [9.17, 15) is 8.42 Å². The molecular weight excluding hydrogens is 328 g/mol. The maximum atomic E-state index is 12.2. The first-order valence-corrected chi connectivity index (χ1v) is 9.24. The second kappa shape index (κ2) is 6.58. The normalized spacial score (nSPS) is 19.2. The highest BCUT2D eigenvalue weighted by Crippen LogP contribution is 2.24. The molecule has 0 N–H and O–H groups in total. The zero-order chi connectivity index (χ0) is 17.3. The molecule has 2 aromatic heterocycles. The van der Waals surface area contributed by atoms with E-state index in [1.165, 1.54) is 8.61 Å². The molecule has 0 aliphatic carbocycles. The van der Waals surface area contributed by atoms with Crippen LogP contribution in [0.4, 0.5) is 0 Å². The summed E-state index contributed by atoms with van der Waals surface area (Å²) in [5.74, 6) is 0.260. The van der Waals surface area contributed by atoms with Crippen LogP contribution in [0.1, 0.15) is 12.1 Å². The van der Waals surface area contributed by atoms with Crippen molar-refractivity contribution in [3.63, 3.8) is 0 Å². The predicted molar refractivity (Wildman–Crippen MR) is 90.2 cm³/mol. The summed E-state index contributed by atoms with van der Waals surface area (Å²) in [5, 5.41) is 4.15. The van der Waals surface area contributed by atoms with Crippen molar-refractivity contribution in [2.75, 3.05) is 27.2 Å². The molecule has 0 radical (unpaired) electrons. The molecular formula is C15H22N6O2S. The lowest BCUT2D eigenvalue weighted by atomic mass is 10.0. The van der Waals surface area contributed by atoms with E-state index in [2.05, 4.69) is 15.1 Å². The molecule has 2 aromatic rings. The third-order valence-electron chi connectivity index (χ3n) is 4.30. The molecule has 24 heavy (non-hydrogen) atoms. The van der Waals surface area contributed by atoms with Gasteiger partial charge < -0.3 is 0 Å². The van der Waals surface area contributed by atoms with Gasteiger partial charge in [-0.3, -0.25) is 9.67 Å². The summed E-state index contributed by atoms with van der Waals surface area (Å²) in [6.45, 7) is 1.08. The van der Waals surface area contributed by atoms with Crippen LogP contribution in [0, 0.1) is 5.92 Å². The molecule has 1 aliphatic rings. The average Bonchev–Trinajstić information content (AvgIpc) is 3.16. The third kappa shape index (κ3) is 3.33. The van der Waals surface area contributed by atoms with Gasteiger partial charge in [0, 0.05) is 46.6 Å². The minimum atomic E-state index is -3.33. The summed E-state index contributed by atoms with van der Waals surface area (Å²) in [7, 11) is 1.66. The van der Waals surface area contributed by atoms with Gasteiger partial charge in [0.15, 0.2) is 0 Å². The second-order valence-corrected chi connectivity index (χ2v) is 8.39. The van der Waals surface area contributed by atoms with Gasteiger partial charge >= 0.3 is 0 Å². The van der Waals surface area contributed by atoms with Gasteiger partial charge in [0.2, 0.25) is 0 Å². The number of nitrogens with zero attached hydrogens (tertiary/aromatic N) is 6. The molecule has 1 atom stereocenters. The largest absolute Gasteiger partial charge is 0.281 e. The van der Waals surface area contributed by atoms with Gasteiger partial charge in [0.05, 0.1) is 17.6 Å². The van der Waals surface area contributed by atoms with Crippen LogP contribution in [0.15, 0.2) is 24.7 Å². The molecule has 1 saturated heterocycles. The van der Waals surface area contributed by atoms with E-state index in [0.717, 1.165) is 29.9 Å². The molecule has 0 spiro atoms. The summed E-state index contributed by atoms with van der Waals surface area (Å²) in [4.78, 5) is 8.94. The monoisotopic (exact) mass is 350 g/mol. The molecule has 1 aliphatic heterocycles. The molecule has 130 valence electrons. The van der Waals surface area contributed by atoms with E-state index in [4.69, 9.17) is 0 Å². The molecule has 0 bridgehead atoms. The average molecular weight is 350 g/mol. The van der Waals surface area contributed by atoms with Crippen LogP contribution < -0.4 is 0 Å². The van der Waals surface area contributed by atoms with E-state index in [0.29, 0.717) is 13.1 Å². The van der Waals surface area contributed by atoms with E-state index in [1.807, 2.05) is 13.1 Å². The van der Waals surface area contributed by atoms with Gasteiger partial charge in [-0.05, 0) is 24.8 Å². The predicted octanol–water partition coefficient (Wildman–Crippen LogP) is 0.548. The summed E-state index contributed by atoms with van der Waals surface area (Å²) in [6.07, 6.45) is 6.76. The van der Waals surface area contributed by atoms with Crippen LogP contribution >= 0.6 is 0 Å². The highest BCUT2D eigenvalue weighted by Gasteiger charge is 2.32. The highest BCUT2D eigenvalue weighted by atomic mass is 32.2. The number of aromatic nitrogens is 4. The first-order chi connectivity index (χ1) is 11.4. The Morgan fingerprint density at radius 2 is 2.12 bits per heavy atom. The summed E-state index contributed by atoms with van der Waals surface area (Å²) < 4.78 is 28.9. The number of aryl methyl sites for hydroxylation is 1. The van der Waals surface area contributed by atoms with E-state index >= 15 is 0 Å². The van der Waals surface area contributed by atoms with Crippen molar-refractivity contribution in [3.8, 4) is 11.4 Å². The van der Waals surface area contributed by atoms with Crippen molar-refractivity contribution in [2.24, 2.45) is 13.0 Å². The second-order valence-electron chi connectivity index (χ2n) is 6.24. The van der Waals surface area contributed by atoms with Crippen molar-refractivity contribution < 1.29 is 8.42 Å². The van der Waals surface area contributed by atoms with Crippen LogP contribution in [-0.4, -0.2) is 64.0 Å². The van der Waals surface area contributed by atoms with Crippen LogP contribution in [0.5, 0.6) is 0 Å².